The largest absolute Gasteiger partial charge is 0.276 e. The SMILES string of the molecule is [2H]c1c([2H])c([2H])c2c(sc3c2c([2H])c([2H])c2c4c([2H])c([2H])c([2H])c([2H])c4n(-c4nc(-c5ccccc5)nc(-c5cccc(-c6cccc7ccccc67)c5)n4)c32)c1[2H]. The molecule has 10 aromatic rings. The zero-order chi connectivity index (χ0) is 40.3. The molecule has 5 heteroatoms. The molecule has 0 aliphatic heterocycles. The highest BCUT2D eigenvalue weighted by Crippen LogP contribution is 2.43. The van der Waals surface area contributed by atoms with Gasteiger partial charge in [-0.1, -0.05) is 139 Å². The lowest BCUT2D eigenvalue weighted by atomic mass is 9.97. The van der Waals surface area contributed by atoms with Crippen LogP contribution in [0.1, 0.15) is 13.7 Å². The van der Waals surface area contributed by atoms with Crippen molar-refractivity contribution < 1.29 is 13.7 Å². The summed E-state index contributed by atoms with van der Waals surface area (Å²) in [5, 5.41) is 2.36. The van der Waals surface area contributed by atoms with Crippen LogP contribution in [0.25, 0.3) is 92.6 Å². The molecule has 4 nitrogen and oxygen atoms in total. The highest BCUT2D eigenvalue weighted by molar-refractivity contribution is 7.26. The second kappa shape index (κ2) is 10.7. The van der Waals surface area contributed by atoms with Crippen LogP contribution in [0.3, 0.4) is 0 Å². The Labute approximate surface area is 294 Å². The van der Waals surface area contributed by atoms with E-state index in [-0.39, 0.29) is 83.7 Å². The molecule has 0 saturated heterocycles. The van der Waals surface area contributed by atoms with Crippen LogP contribution in [0.15, 0.2) is 157 Å². The molecule has 224 valence electrons. The van der Waals surface area contributed by atoms with Gasteiger partial charge in [0.1, 0.15) is 0 Å². The molecule has 0 fully saturated rings. The van der Waals surface area contributed by atoms with Crippen molar-refractivity contribution in [2.24, 2.45) is 0 Å². The predicted molar refractivity (Wildman–Crippen MR) is 201 cm³/mol. The zero-order valence-electron chi connectivity index (χ0n) is 34.9. The third-order valence-electron chi connectivity index (χ3n) is 8.54. The highest BCUT2D eigenvalue weighted by Gasteiger charge is 2.21. The number of para-hydroxylation sites is 1. The van der Waals surface area contributed by atoms with Crippen LogP contribution in [-0.4, -0.2) is 19.5 Å². The zero-order valence-corrected chi connectivity index (χ0v) is 25.8. The summed E-state index contributed by atoms with van der Waals surface area (Å²) >= 11 is 1.00. The molecule has 0 aliphatic rings. The standard InChI is InChI=1S/C43H26N4S/c1-2-13-28(14-3-1)41-44-42(30-17-10-16-29(26-30)32-21-11-15-27-12-4-5-18-31(27)32)46-43(45-41)47-37-22-8-6-19-33(37)35-24-25-36-34-20-7-9-23-38(34)48-40(36)39(35)47/h1-26H/i6D,7D,8D,9D,19D,20D,22D,23D,24D,25D. The van der Waals surface area contributed by atoms with Crippen molar-refractivity contribution in [2.45, 2.75) is 0 Å². The summed E-state index contributed by atoms with van der Waals surface area (Å²) in [5.41, 5.74) is 3.35. The Hall–Kier alpha value is -6.17. The summed E-state index contributed by atoms with van der Waals surface area (Å²) in [6, 6.07) is 27.0. The van der Waals surface area contributed by atoms with E-state index in [1.54, 1.807) is 0 Å². The van der Waals surface area contributed by atoms with E-state index >= 15 is 0 Å². The van der Waals surface area contributed by atoms with Gasteiger partial charge in [0, 0.05) is 37.4 Å². The van der Waals surface area contributed by atoms with Crippen molar-refractivity contribution >= 4 is 64.1 Å². The first-order valence-electron chi connectivity index (χ1n) is 20.2. The average Bonchev–Trinajstić information content (AvgIpc) is 3.84. The van der Waals surface area contributed by atoms with Crippen LogP contribution in [0.5, 0.6) is 0 Å². The predicted octanol–water partition coefficient (Wildman–Crippen LogP) is 11.5. The summed E-state index contributed by atoms with van der Waals surface area (Å²) in [5.74, 6) is 0.499. The lowest BCUT2D eigenvalue weighted by Crippen LogP contribution is -2.06. The molecular weight excluding hydrogens is 605 g/mol. The first kappa shape index (κ1) is 18.8. The fourth-order valence-electron chi connectivity index (χ4n) is 6.38. The van der Waals surface area contributed by atoms with Crippen LogP contribution in [0, 0.1) is 0 Å². The monoisotopic (exact) mass is 640 g/mol. The molecule has 0 spiro atoms. The van der Waals surface area contributed by atoms with E-state index in [2.05, 4.69) is 18.2 Å². The first-order chi connectivity index (χ1) is 28.0. The fraction of sp³-hybridized carbons (Fsp3) is 0. The average molecular weight is 641 g/mol. The van der Waals surface area contributed by atoms with Crippen molar-refractivity contribution in [2.75, 3.05) is 0 Å². The van der Waals surface area contributed by atoms with Crippen LogP contribution in [0.2, 0.25) is 0 Å². The Balaban J connectivity index is 1.37. The van der Waals surface area contributed by atoms with Gasteiger partial charge >= 0.3 is 0 Å². The maximum atomic E-state index is 9.38. The maximum Gasteiger partial charge on any atom is 0.238 e. The number of hydrogen-bond donors (Lipinski definition) is 0. The second-order valence-corrected chi connectivity index (χ2v) is 12.3. The normalized spacial score (nSPS) is 14.7. The van der Waals surface area contributed by atoms with Crippen LogP contribution in [-0.2, 0) is 0 Å². The summed E-state index contributed by atoms with van der Waals surface area (Å²) < 4.78 is 90.7. The molecule has 3 aromatic heterocycles. The van der Waals surface area contributed by atoms with E-state index in [1.807, 2.05) is 78.9 Å². The van der Waals surface area contributed by atoms with E-state index in [0.717, 1.165) is 33.2 Å². The summed E-state index contributed by atoms with van der Waals surface area (Å²) in [7, 11) is 0. The minimum atomic E-state index is -0.523. The molecule has 0 bridgehead atoms. The summed E-state index contributed by atoms with van der Waals surface area (Å²) in [4.78, 5) is 14.9. The van der Waals surface area contributed by atoms with Crippen molar-refractivity contribution in [3.8, 4) is 39.9 Å². The van der Waals surface area contributed by atoms with Crippen LogP contribution < -0.4 is 0 Å². The summed E-state index contributed by atoms with van der Waals surface area (Å²) in [6.45, 7) is 0. The molecule has 0 aliphatic carbocycles. The van der Waals surface area contributed by atoms with E-state index in [9.17, 15) is 4.11 Å². The number of fused-ring (bicyclic) bond motifs is 8. The van der Waals surface area contributed by atoms with Crippen molar-refractivity contribution in [3.63, 3.8) is 0 Å². The quantitative estimate of drug-likeness (QED) is 0.192. The molecule has 0 unspecified atom stereocenters. The molecule has 0 atom stereocenters. The van der Waals surface area contributed by atoms with Gasteiger partial charge in [-0.2, -0.15) is 9.97 Å². The van der Waals surface area contributed by atoms with Crippen LogP contribution in [0.4, 0.5) is 0 Å². The number of aromatic nitrogens is 4. The lowest BCUT2D eigenvalue weighted by Gasteiger charge is -2.12. The minimum absolute atomic E-state index is 0.0143. The lowest BCUT2D eigenvalue weighted by molar-refractivity contribution is 0.955. The Kier molecular flexibility index (Phi) is 4.20. The number of rotatable bonds is 4. The number of hydrogen-bond acceptors (Lipinski definition) is 4. The first-order valence-corrected chi connectivity index (χ1v) is 16.0. The molecule has 0 saturated carbocycles. The maximum absolute atomic E-state index is 9.38. The highest BCUT2D eigenvalue weighted by atomic mass is 32.1. The van der Waals surface area contributed by atoms with Crippen LogP contribution >= 0.6 is 11.3 Å². The molecule has 48 heavy (non-hydrogen) atoms. The van der Waals surface area contributed by atoms with E-state index in [4.69, 9.17) is 24.5 Å². The minimum Gasteiger partial charge on any atom is -0.276 e. The molecule has 7 aromatic carbocycles. The fourth-order valence-corrected chi connectivity index (χ4v) is 7.48. The second-order valence-electron chi connectivity index (χ2n) is 11.3. The summed E-state index contributed by atoms with van der Waals surface area (Å²) in [6.07, 6.45) is 0. The van der Waals surface area contributed by atoms with Crippen molar-refractivity contribution in [1.29, 1.82) is 0 Å². The Morgan fingerprint density at radius 3 is 2.12 bits per heavy atom. The van der Waals surface area contributed by atoms with Crippen molar-refractivity contribution in [1.82, 2.24) is 19.5 Å². The third kappa shape index (κ3) is 4.18. The van der Waals surface area contributed by atoms with Gasteiger partial charge in [-0.15, -0.1) is 11.3 Å². The number of thiophene rings is 1. The van der Waals surface area contributed by atoms with Crippen molar-refractivity contribution in [3.05, 3.63) is 157 Å². The van der Waals surface area contributed by atoms with Gasteiger partial charge in [-0.25, -0.2) is 4.98 Å². The third-order valence-corrected chi connectivity index (χ3v) is 9.65. The van der Waals surface area contributed by atoms with E-state index < -0.39 is 36.3 Å². The Morgan fingerprint density at radius 1 is 0.521 bits per heavy atom. The van der Waals surface area contributed by atoms with Gasteiger partial charge in [0.15, 0.2) is 11.6 Å². The van der Waals surface area contributed by atoms with E-state index in [0.29, 0.717) is 11.1 Å². The molecule has 10 rings (SSSR count). The Bertz CT molecular complexity index is 3410. The van der Waals surface area contributed by atoms with Gasteiger partial charge in [-0.05, 0) is 40.1 Å². The topological polar surface area (TPSA) is 43.6 Å². The van der Waals surface area contributed by atoms with Gasteiger partial charge < -0.3 is 0 Å². The number of nitrogens with zero attached hydrogens (tertiary/aromatic N) is 4. The van der Waals surface area contributed by atoms with E-state index in [1.165, 1.54) is 4.57 Å². The number of benzene rings is 7. The molecule has 0 N–H and O–H groups in total. The molecular formula is C43H26N4S. The van der Waals surface area contributed by atoms with Gasteiger partial charge in [-0.3, -0.25) is 4.57 Å². The van der Waals surface area contributed by atoms with Gasteiger partial charge in [0.2, 0.25) is 5.95 Å². The smallest absolute Gasteiger partial charge is 0.238 e. The molecule has 3 heterocycles. The molecule has 0 amide bonds. The van der Waals surface area contributed by atoms with Gasteiger partial charge in [0.25, 0.3) is 0 Å². The van der Waals surface area contributed by atoms with Gasteiger partial charge in [0.05, 0.1) is 29.4 Å². The Morgan fingerprint density at radius 2 is 1.21 bits per heavy atom. The molecule has 0 radical (unpaired) electrons.